The summed E-state index contributed by atoms with van der Waals surface area (Å²) in [5.74, 6) is -0.0366. The van der Waals surface area contributed by atoms with Gasteiger partial charge in [0.15, 0.2) is 0 Å². The highest BCUT2D eigenvalue weighted by molar-refractivity contribution is 5.95. The van der Waals surface area contributed by atoms with Crippen molar-refractivity contribution < 1.29 is 9.53 Å². The predicted octanol–water partition coefficient (Wildman–Crippen LogP) is 2.86. The molecular weight excluding hydrogens is 252 g/mol. The van der Waals surface area contributed by atoms with Crippen molar-refractivity contribution in [3.05, 3.63) is 29.8 Å². The molecule has 1 fully saturated rings. The number of benzene rings is 1. The normalized spacial score (nSPS) is 23.6. The Kier molecular flexibility index (Phi) is 5.15. The zero-order chi connectivity index (χ0) is 14.5. The van der Waals surface area contributed by atoms with Crippen molar-refractivity contribution in [3.63, 3.8) is 0 Å². The second-order valence-corrected chi connectivity index (χ2v) is 5.37. The van der Waals surface area contributed by atoms with Crippen LogP contribution < -0.4 is 10.6 Å². The van der Waals surface area contributed by atoms with E-state index in [4.69, 9.17) is 4.74 Å². The minimum Gasteiger partial charge on any atom is -0.365 e. The van der Waals surface area contributed by atoms with Crippen molar-refractivity contribution in [3.8, 4) is 0 Å². The molecule has 1 heterocycles. The van der Waals surface area contributed by atoms with Gasteiger partial charge in [-0.3, -0.25) is 4.79 Å². The van der Waals surface area contributed by atoms with Gasteiger partial charge in [0, 0.05) is 11.7 Å². The maximum absolute atomic E-state index is 12.2. The van der Waals surface area contributed by atoms with Gasteiger partial charge < -0.3 is 15.4 Å². The van der Waals surface area contributed by atoms with Crippen LogP contribution in [0.1, 0.15) is 45.2 Å². The van der Waals surface area contributed by atoms with Crippen LogP contribution in [0.15, 0.2) is 24.3 Å². The number of amides is 1. The van der Waals surface area contributed by atoms with E-state index in [2.05, 4.69) is 24.5 Å². The van der Waals surface area contributed by atoms with Crippen LogP contribution in [0.5, 0.6) is 0 Å². The largest absolute Gasteiger partial charge is 0.365 e. The lowest BCUT2D eigenvalue weighted by atomic mass is 10.1. The van der Waals surface area contributed by atoms with Crippen molar-refractivity contribution >= 4 is 11.6 Å². The zero-order valence-electron chi connectivity index (χ0n) is 12.5. The molecule has 1 aromatic rings. The van der Waals surface area contributed by atoms with E-state index in [-0.39, 0.29) is 24.2 Å². The highest BCUT2D eigenvalue weighted by Crippen LogP contribution is 2.25. The molecule has 1 aromatic carbocycles. The van der Waals surface area contributed by atoms with E-state index in [0.717, 1.165) is 30.6 Å². The molecule has 110 valence electrons. The summed E-state index contributed by atoms with van der Waals surface area (Å²) in [7, 11) is 0. The molecule has 2 N–H and O–H groups in total. The van der Waals surface area contributed by atoms with Gasteiger partial charge in [-0.05, 0) is 44.9 Å². The van der Waals surface area contributed by atoms with E-state index >= 15 is 0 Å². The Morgan fingerprint density at radius 2 is 2.15 bits per heavy atom. The maximum Gasteiger partial charge on any atom is 0.253 e. The molecule has 0 radical (unpaired) electrons. The number of carbonyl (C=O) groups is 1. The minimum absolute atomic E-state index is 0.0366. The molecule has 0 spiro atoms. The summed E-state index contributed by atoms with van der Waals surface area (Å²) in [6, 6.07) is 8.13. The number of rotatable bonds is 5. The number of hydrogen-bond acceptors (Lipinski definition) is 3. The van der Waals surface area contributed by atoms with Gasteiger partial charge in [-0.15, -0.1) is 0 Å². The van der Waals surface area contributed by atoms with Gasteiger partial charge in [-0.25, -0.2) is 0 Å². The molecule has 0 saturated carbocycles. The van der Waals surface area contributed by atoms with Crippen molar-refractivity contribution in [2.24, 2.45) is 0 Å². The van der Waals surface area contributed by atoms with E-state index in [0.29, 0.717) is 0 Å². The number of carbonyl (C=O) groups excluding carboxylic acids is 1. The zero-order valence-corrected chi connectivity index (χ0v) is 12.5. The van der Waals surface area contributed by atoms with E-state index in [1.54, 1.807) is 0 Å². The number of anilines is 1. The van der Waals surface area contributed by atoms with Gasteiger partial charge in [0.1, 0.15) is 6.10 Å². The first-order valence-electron chi connectivity index (χ1n) is 7.40. The first-order valence-corrected chi connectivity index (χ1v) is 7.40. The van der Waals surface area contributed by atoms with E-state index in [9.17, 15) is 4.79 Å². The summed E-state index contributed by atoms with van der Waals surface area (Å²) < 4.78 is 5.62. The van der Waals surface area contributed by atoms with Crippen LogP contribution in [0.3, 0.4) is 0 Å². The summed E-state index contributed by atoms with van der Waals surface area (Å²) in [4.78, 5) is 12.2. The quantitative estimate of drug-likeness (QED) is 0.869. The molecule has 4 nitrogen and oxygen atoms in total. The first-order chi connectivity index (χ1) is 9.61. The SMILES string of the molecule is CCNC(C)c1ccccc1NC(=O)C1CCC(C)O1. The van der Waals surface area contributed by atoms with E-state index in [1.807, 2.05) is 31.2 Å². The molecule has 0 aromatic heterocycles. The molecular formula is C16H24N2O2. The molecule has 2 rings (SSSR count). The second-order valence-electron chi connectivity index (χ2n) is 5.37. The van der Waals surface area contributed by atoms with Crippen LogP contribution in [0.2, 0.25) is 0 Å². The molecule has 0 bridgehead atoms. The van der Waals surface area contributed by atoms with Crippen LogP contribution >= 0.6 is 0 Å². The van der Waals surface area contributed by atoms with Crippen LogP contribution in [-0.4, -0.2) is 24.7 Å². The second kappa shape index (κ2) is 6.86. The van der Waals surface area contributed by atoms with Gasteiger partial charge >= 0.3 is 0 Å². The molecule has 3 unspecified atom stereocenters. The molecule has 1 aliphatic rings. The lowest BCUT2D eigenvalue weighted by Crippen LogP contribution is -2.29. The van der Waals surface area contributed by atoms with Gasteiger partial charge in [0.2, 0.25) is 0 Å². The van der Waals surface area contributed by atoms with Crippen LogP contribution in [0.25, 0.3) is 0 Å². The van der Waals surface area contributed by atoms with Crippen molar-refractivity contribution in [2.45, 2.75) is 51.9 Å². The summed E-state index contributed by atoms with van der Waals surface area (Å²) in [6.45, 7) is 7.08. The fraction of sp³-hybridized carbons (Fsp3) is 0.562. The molecule has 4 heteroatoms. The third-order valence-electron chi connectivity index (χ3n) is 3.72. The lowest BCUT2D eigenvalue weighted by molar-refractivity contribution is -0.126. The lowest BCUT2D eigenvalue weighted by Gasteiger charge is -2.19. The van der Waals surface area contributed by atoms with E-state index < -0.39 is 0 Å². The van der Waals surface area contributed by atoms with E-state index in [1.165, 1.54) is 0 Å². The van der Waals surface area contributed by atoms with Crippen LogP contribution in [0, 0.1) is 0 Å². The number of hydrogen-bond donors (Lipinski definition) is 2. The van der Waals surface area contributed by atoms with Gasteiger partial charge in [0.25, 0.3) is 5.91 Å². The summed E-state index contributed by atoms with van der Waals surface area (Å²) in [5.41, 5.74) is 1.97. The summed E-state index contributed by atoms with van der Waals surface area (Å²) in [5, 5.41) is 6.38. The first kappa shape index (κ1) is 15.0. The average Bonchev–Trinajstić information content (AvgIpc) is 2.86. The Morgan fingerprint density at radius 1 is 1.40 bits per heavy atom. The highest BCUT2D eigenvalue weighted by Gasteiger charge is 2.28. The monoisotopic (exact) mass is 276 g/mol. The van der Waals surface area contributed by atoms with Crippen LogP contribution in [0.4, 0.5) is 5.69 Å². The van der Waals surface area contributed by atoms with Gasteiger partial charge in [-0.1, -0.05) is 25.1 Å². The third kappa shape index (κ3) is 3.58. The summed E-state index contributed by atoms with van der Waals surface area (Å²) >= 11 is 0. The average molecular weight is 276 g/mol. The van der Waals surface area contributed by atoms with Crippen LogP contribution in [-0.2, 0) is 9.53 Å². The summed E-state index contributed by atoms with van der Waals surface area (Å²) in [6.07, 6.45) is 1.63. The highest BCUT2D eigenvalue weighted by atomic mass is 16.5. The Balaban J connectivity index is 2.07. The number of para-hydroxylation sites is 1. The molecule has 3 atom stereocenters. The Morgan fingerprint density at radius 3 is 2.80 bits per heavy atom. The van der Waals surface area contributed by atoms with Gasteiger partial charge in [0.05, 0.1) is 6.10 Å². The third-order valence-corrected chi connectivity index (χ3v) is 3.72. The van der Waals surface area contributed by atoms with Gasteiger partial charge in [-0.2, -0.15) is 0 Å². The number of nitrogens with one attached hydrogen (secondary N) is 2. The topological polar surface area (TPSA) is 50.4 Å². The molecule has 1 saturated heterocycles. The molecule has 20 heavy (non-hydrogen) atoms. The molecule has 1 amide bonds. The predicted molar refractivity (Wildman–Crippen MR) is 80.7 cm³/mol. The Labute approximate surface area is 120 Å². The van der Waals surface area contributed by atoms with Crippen molar-refractivity contribution in [1.82, 2.24) is 5.32 Å². The maximum atomic E-state index is 12.2. The van der Waals surface area contributed by atoms with Crippen molar-refractivity contribution in [1.29, 1.82) is 0 Å². The van der Waals surface area contributed by atoms with Crippen molar-refractivity contribution in [2.75, 3.05) is 11.9 Å². The minimum atomic E-state index is -0.313. The standard InChI is InChI=1S/C16H24N2O2/c1-4-17-12(3)13-7-5-6-8-14(13)18-16(19)15-10-9-11(2)20-15/h5-8,11-12,15,17H,4,9-10H2,1-3H3,(H,18,19). The Bertz CT molecular complexity index is 462. The fourth-order valence-corrected chi connectivity index (χ4v) is 2.61. The fourth-order valence-electron chi connectivity index (χ4n) is 2.61. The molecule has 1 aliphatic heterocycles. The smallest absolute Gasteiger partial charge is 0.253 e. The number of ether oxygens (including phenoxy) is 1. The Hall–Kier alpha value is -1.39. The molecule has 0 aliphatic carbocycles.